The Bertz CT molecular complexity index is 1130. The Hall–Kier alpha value is -3.19. The summed E-state index contributed by atoms with van der Waals surface area (Å²) in [4.78, 5) is 14.1. The topological polar surface area (TPSA) is 83.3 Å². The van der Waals surface area contributed by atoms with Crippen LogP contribution in [0.3, 0.4) is 0 Å². The molecule has 0 saturated carbocycles. The molecule has 3 heterocycles. The number of nitrogens with one attached hydrogen (secondary N) is 1. The lowest BCUT2D eigenvalue weighted by Crippen LogP contribution is -2.45. The van der Waals surface area contributed by atoms with Gasteiger partial charge in [-0.25, -0.2) is 0 Å². The van der Waals surface area contributed by atoms with Gasteiger partial charge in [0, 0.05) is 49.5 Å². The zero-order chi connectivity index (χ0) is 22.2. The van der Waals surface area contributed by atoms with Gasteiger partial charge in [-0.05, 0) is 68.7 Å². The van der Waals surface area contributed by atoms with Crippen molar-refractivity contribution in [2.24, 2.45) is 7.05 Å². The zero-order valence-electron chi connectivity index (χ0n) is 18.5. The van der Waals surface area contributed by atoms with Crippen molar-refractivity contribution in [3.05, 3.63) is 59.0 Å². The van der Waals surface area contributed by atoms with Crippen LogP contribution in [0.4, 0.5) is 5.82 Å². The molecule has 2 aromatic heterocycles. The third-order valence-corrected chi connectivity index (χ3v) is 5.51. The molecular weight excluding hydrogens is 390 g/mol. The number of benzene rings is 1. The molecule has 1 aliphatic heterocycles. The van der Waals surface area contributed by atoms with Gasteiger partial charge in [0.15, 0.2) is 5.82 Å². The quantitative estimate of drug-likeness (QED) is 0.676. The zero-order valence-corrected chi connectivity index (χ0v) is 18.5. The van der Waals surface area contributed by atoms with Crippen LogP contribution in [-0.2, 0) is 7.05 Å². The summed E-state index contributed by atoms with van der Waals surface area (Å²) in [6, 6.07) is 13.0. The Labute approximate surface area is 182 Å². The van der Waals surface area contributed by atoms with Crippen LogP contribution in [0.15, 0.2) is 53.5 Å². The van der Waals surface area contributed by atoms with Gasteiger partial charge in [-0.2, -0.15) is 0 Å². The molecule has 1 aromatic carbocycles. The minimum Gasteiger partial charge on any atom is -0.507 e. The minimum atomic E-state index is -0.0932. The van der Waals surface area contributed by atoms with Gasteiger partial charge in [-0.15, -0.1) is 10.2 Å². The van der Waals surface area contributed by atoms with E-state index >= 15 is 0 Å². The van der Waals surface area contributed by atoms with Crippen molar-refractivity contribution < 1.29 is 5.11 Å². The van der Waals surface area contributed by atoms with Crippen LogP contribution < -0.4 is 15.8 Å². The lowest BCUT2D eigenvalue weighted by atomic mass is 10.0. The second-order valence-electron chi connectivity index (χ2n) is 9.20. The molecule has 0 aliphatic carbocycles. The summed E-state index contributed by atoms with van der Waals surface area (Å²) in [7, 11) is 1.71. The Kier molecular flexibility index (Phi) is 5.54. The van der Waals surface area contributed by atoms with E-state index < -0.39 is 0 Å². The Morgan fingerprint density at radius 2 is 1.84 bits per heavy atom. The van der Waals surface area contributed by atoms with Crippen LogP contribution in [0, 0.1) is 0 Å². The lowest BCUT2D eigenvalue weighted by molar-refractivity contribution is 0.373. The number of aryl methyl sites for hydroxylation is 1. The largest absolute Gasteiger partial charge is 0.507 e. The average Bonchev–Trinajstić information content (AvgIpc) is 3.17. The van der Waals surface area contributed by atoms with Crippen LogP contribution >= 0.6 is 0 Å². The molecule has 31 heavy (non-hydrogen) atoms. The van der Waals surface area contributed by atoms with Gasteiger partial charge in [0.1, 0.15) is 5.75 Å². The van der Waals surface area contributed by atoms with E-state index in [1.807, 2.05) is 30.3 Å². The van der Waals surface area contributed by atoms with Crippen molar-refractivity contribution >= 4 is 5.82 Å². The summed E-state index contributed by atoms with van der Waals surface area (Å²) in [5.41, 5.74) is 2.76. The third-order valence-electron chi connectivity index (χ3n) is 5.51. The number of hydrogen-bond acceptors (Lipinski definition) is 6. The van der Waals surface area contributed by atoms with E-state index in [0.717, 1.165) is 36.5 Å². The van der Waals surface area contributed by atoms with Gasteiger partial charge in [0.2, 0.25) is 0 Å². The normalized spacial score (nSPS) is 16.6. The first kappa shape index (κ1) is 21.1. The molecule has 3 aromatic rings. The number of phenolic OH excluding ortho intramolecular Hbond substituents is 1. The summed E-state index contributed by atoms with van der Waals surface area (Å²) < 4.78 is 1.51. The van der Waals surface area contributed by atoms with E-state index in [9.17, 15) is 9.90 Å². The van der Waals surface area contributed by atoms with Gasteiger partial charge in [0.05, 0.1) is 5.69 Å². The molecular formula is C24H29N5O2. The Morgan fingerprint density at radius 3 is 2.48 bits per heavy atom. The van der Waals surface area contributed by atoms with Crippen molar-refractivity contribution in [1.29, 1.82) is 0 Å². The van der Waals surface area contributed by atoms with Crippen LogP contribution in [0.2, 0.25) is 0 Å². The van der Waals surface area contributed by atoms with Gasteiger partial charge in [0.25, 0.3) is 5.56 Å². The second kappa shape index (κ2) is 8.15. The fourth-order valence-electron chi connectivity index (χ4n) is 3.99. The summed E-state index contributed by atoms with van der Waals surface area (Å²) in [5, 5.41) is 23.0. The summed E-state index contributed by atoms with van der Waals surface area (Å²) in [6.45, 7) is 8.39. The number of nitrogens with zero attached hydrogens (tertiary/aromatic N) is 4. The van der Waals surface area contributed by atoms with Crippen LogP contribution in [0.25, 0.3) is 22.4 Å². The monoisotopic (exact) mass is 419 g/mol. The molecule has 7 heteroatoms. The van der Waals surface area contributed by atoms with E-state index in [2.05, 4.69) is 41.2 Å². The number of anilines is 1. The maximum absolute atomic E-state index is 11.9. The van der Waals surface area contributed by atoms with Crippen molar-refractivity contribution in [3.8, 4) is 28.1 Å². The fourth-order valence-corrected chi connectivity index (χ4v) is 3.99. The highest BCUT2D eigenvalue weighted by Gasteiger charge is 2.26. The van der Waals surface area contributed by atoms with Crippen molar-refractivity contribution in [3.63, 3.8) is 0 Å². The highest BCUT2D eigenvalue weighted by Crippen LogP contribution is 2.32. The molecule has 4 rings (SSSR count). The van der Waals surface area contributed by atoms with Crippen LogP contribution in [-0.4, -0.2) is 44.5 Å². The number of phenols is 1. The van der Waals surface area contributed by atoms with Crippen LogP contribution in [0.5, 0.6) is 5.75 Å². The lowest BCUT2D eigenvalue weighted by Gasteiger charge is -2.26. The predicted molar refractivity (Wildman–Crippen MR) is 123 cm³/mol. The maximum atomic E-state index is 11.9. The molecule has 7 nitrogen and oxygen atoms in total. The predicted octanol–water partition coefficient (Wildman–Crippen LogP) is 3.18. The number of rotatable bonds is 4. The molecule has 1 saturated heterocycles. The molecule has 1 atom stereocenters. The van der Waals surface area contributed by atoms with Crippen molar-refractivity contribution in [2.75, 3.05) is 18.0 Å². The smallest absolute Gasteiger partial charge is 0.250 e. The molecule has 0 unspecified atom stereocenters. The van der Waals surface area contributed by atoms with Crippen molar-refractivity contribution in [2.45, 2.75) is 38.8 Å². The minimum absolute atomic E-state index is 0.0899. The SMILES string of the molecule is Cn1ccc(-c2ccc(-c3ccc(N4CC[C@H](NC(C)(C)C)C4)nn3)c(O)c2)cc1=O. The van der Waals surface area contributed by atoms with Gasteiger partial charge in [-0.3, -0.25) is 4.79 Å². The summed E-state index contributed by atoms with van der Waals surface area (Å²) in [6.07, 6.45) is 2.79. The molecule has 0 amide bonds. The second-order valence-corrected chi connectivity index (χ2v) is 9.20. The molecule has 0 bridgehead atoms. The molecule has 1 fully saturated rings. The molecule has 0 spiro atoms. The number of aromatic nitrogens is 3. The first-order chi connectivity index (χ1) is 14.7. The van der Waals surface area contributed by atoms with Gasteiger partial charge < -0.3 is 19.9 Å². The van der Waals surface area contributed by atoms with Crippen molar-refractivity contribution in [1.82, 2.24) is 20.1 Å². The van der Waals surface area contributed by atoms with E-state index in [1.165, 1.54) is 4.57 Å². The number of pyridine rings is 1. The Balaban J connectivity index is 1.50. The van der Waals surface area contributed by atoms with E-state index in [-0.39, 0.29) is 16.8 Å². The van der Waals surface area contributed by atoms with E-state index in [1.54, 1.807) is 25.4 Å². The maximum Gasteiger partial charge on any atom is 0.250 e. The van der Waals surface area contributed by atoms with Gasteiger partial charge in [-0.1, -0.05) is 6.07 Å². The molecule has 1 aliphatic rings. The first-order valence-corrected chi connectivity index (χ1v) is 10.6. The molecule has 162 valence electrons. The number of aromatic hydroxyl groups is 1. The standard InChI is InChI=1S/C24H29N5O2/c1-24(2,3)25-18-10-12-29(15-18)22-8-7-20(26-27-22)19-6-5-16(13-21(19)30)17-9-11-28(4)23(31)14-17/h5-9,11,13-14,18,25,30H,10,12,15H2,1-4H3/t18-/m0/s1. The molecule has 0 radical (unpaired) electrons. The van der Waals surface area contributed by atoms with E-state index in [4.69, 9.17) is 0 Å². The van der Waals surface area contributed by atoms with E-state index in [0.29, 0.717) is 17.3 Å². The first-order valence-electron chi connectivity index (χ1n) is 10.6. The summed E-state index contributed by atoms with van der Waals surface area (Å²) >= 11 is 0. The molecule has 2 N–H and O–H groups in total. The fraction of sp³-hybridized carbons (Fsp3) is 0.375. The third kappa shape index (κ3) is 4.77. The average molecular weight is 420 g/mol. The Morgan fingerprint density at radius 1 is 1.06 bits per heavy atom. The van der Waals surface area contributed by atoms with Gasteiger partial charge >= 0.3 is 0 Å². The van der Waals surface area contributed by atoms with Crippen LogP contribution in [0.1, 0.15) is 27.2 Å². The highest BCUT2D eigenvalue weighted by atomic mass is 16.3. The highest BCUT2D eigenvalue weighted by molar-refractivity contribution is 5.74. The summed E-state index contributed by atoms with van der Waals surface area (Å²) in [5.74, 6) is 0.953. The number of hydrogen-bond donors (Lipinski definition) is 2.